The fraction of sp³-hybridized carbons (Fsp3) is 0.438. The summed E-state index contributed by atoms with van der Waals surface area (Å²) in [5.74, 6) is 1.09. The molecule has 1 heterocycles. The number of rotatable bonds is 7. The number of aryl methyl sites for hydroxylation is 1. The molecule has 0 aliphatic heterocycles. The van der Waals surface area contributed by atoms with Crippen molar-refractivity contribution in [2.45, 2.75) is 26.6 Å². The molecular weight excluding hydrogens is 248 g/mol. The Morgan fingerprint density at radius 3 is 2.60 bits per heavy atom. The van der Waals surface area contributed by atoms with E-state index in [4.69, 9.17) is 0 Å². The molecule has 108 valence electrons. The fourth-order valence-corrected chi connectivity index (χ4v) is 2.28. The van der Waals surface area contributed by atoms with Crippen LogP contribution in [-0.2, 0) is 26.7 Å². The highest BCUT2D eigenvalue weighted by Crippen LogP contribution is 2.12. The Hall–Kier alpha value is -1.65. The molecule has 1 aromatic heterocycles. The summed E-state index contributed by atoms with van der Waals surface area (Å²) in [6, 6.07) is 8.63. The molecule has 0 aliphatic carbocycles. The van der Waals surface area contributed by atoms with Crippen molar-refractivity contribution in [3.05, 3.63) is 53.6 Å². The minimum atomic E-state index is 0.860. The third-order valence-corrected chi connectivity index (χ3v) is 3.46. The molecule has 0 aliphatic rings. The van der Waals surface area contributed by atoms with E-state index in [1.807, 2.05) is 19.4 Å². The lowest BCUT2D eigenvalue weighted by Gasteiger charge is -2.18. The zero-order chi connectivity index (χ0) is 14.4. The van der Waals surface area contributed by atoms with Gasteiger partial charge in [0, 0.05) is 32.5 Å². The third kappa shape index (κ3) is 3.92. The van der Waals surface area contributed by atoms with E-state index in [2.05, 4.69) is 58.0 Å². The highest BCUT2D eigenvalue weighted by atomic mass is 15.1. The maximum absolute atomic E-state index is 4.38. The first-order valence-electron chi connectivity index (χ1n) is 7.13. The van der Waals surface area contributed by atoms with Gasteiger partial charge in [-0.25, -0.2) is 4.98 Å². The molecule has 0 spiro atoms. The minimum Gasteiger partial charge on any atom is -0.337 e. The Morgan fingerprint density at radius 1 is 1.20 bits per heavy atom. The van der Waals surface area contributed by atoms with E-state index >= 15 is 0 Å². The zero-order valence-electron chi connectivity index (χ0n) is 12.6. The Bertz CT molecular complexity index is 533. The Labute approximate surface area is 121 Å². The van der Waals surface area contributed by atoms with Gasteiger partial charge in [0.1, 0.15) is 5.82 Å². The van der Waals surface area contributed by atoms with Crippen molar-refractivity contribution in [2.24, 2.45) is 7.05 Å². The van der Waals surface area contributed by atoms with Crippen molar-refractivity contribution in [1.29, 1.82) is 0 Å². The van der Waals surface area contributed by atoms with Gasteiger partial charge in [-0.3, -0.25) is 4.90 Å². The van der Waals surface area contributed by atoms with Gasteiger partial charge in [-0.05, 0) is 24.7 Å². The summed E-state index contributed by atoms with van der Waals surface area (Å²) in [5.41, 5.74) is 2.76. The van der Waals surface area contributed by atoms with E-state index in [0.717, 1.165) is 32.0 Å². The quantitative estimate of drug-likeness (QED) is 0.838. The van der Waals surface area contributed by atoms with Crippen LogP contribution in [0.15, 0.2) is 36.7 Å². The van der Waals surface area contributed by atoms with Crippen molar-refractivity contribution < 1.29 is 0 Å². The van der Waals surface area contributed by atoms with Gasteiger partial charge in [0.25, 0.3) is 0 Å². The number of benzene rings is 1. The summed E-state index contributed by atoms with van der Waals surface area (Å²) in [6.45, 7) is 5.86. The van der Waals surface area contributed by atoms with Gasteiger partial charge in [-0.15, -0.1) is 0 Å². The predicted molar refractivity (Wildman–Crippen MR) is 82.2 cm³/mol. The average Bonchev–Trinajstić information content (AvgIpc) is 2.83. The molecule has 0 unspecified atom stereocenters. The second-order valence-corrected chi connectivity index (χ2v) is 5.18. The van der Waals surface area contributed by atoms with Crippen LogP contribution in [0.5, 0.6) is 0 Å². The number of nitrogens with zero attached hydrogens (tertiary/aromatic N) is 3. The monoisotopic (exact) mass is 272 g/mol. The molecule has 2 aromatic rings. The van der Waals surface area contributed by atoms with Crippen LogP contribution in [0.4, 0.5) is 0 Å². The van der Waals surface area contributed by atoms with Crippen LogP contribution in [0.3, 0.4) is 0 Å². The summed E-state index contributed by atoms with van der Waals surface area (Å²) < 4.78 is 2.07. The fourth-order valence-electron chi connectivity index (χ4n) is 2.28. The molecule has 0 atom stereocenters. The molecule has 4 heteroatoms. The molecule has 20 heavy (non-hydrogen) atoms. The molecule has 0 bridgehead atoms. The lowest BCUT2D eigenvalue weighted by atomic mass is 10.1. The first-order valence-corrected chi connectivity index (χ1v) is 7.13. The van der Waals surface area contributed by atoms with E-state index in [0.29, 0.717) is 0 Å². The summed E-state index contributed by atoms with van der Waals surface area (Å²) in [7, 11) is 4.17. The highest BCUT2D eigenvalue weighted by molar-refractivity contribution is 5.27. The van der Waals surface area contributed by atoms with Crippen LogP contribution in [0, 0.1) is 0 Å². The van der Waals surface area contributed by atoms with E-state index in [-0.39, 0.29) is 0 Å². The van der Waals surface area contributed by atoms with E-state index in [1.54, 1.807) is 0 Å². The molecule has 1 aromatic carbocycles. The van der Waals surface area contributed by atoms with Gasteiger partial charge >= 0.3 is 0 Å². The summed E-state index contributed by atoms with van der Waals surface area (Å²) in [4.78, 5) is 6.68. The maximum Gasteiger partial charge on any atom is 0.122 e. The molecule has 0 fully saturated rings. The van der Waals surface area contributed by atoms with Gasteiger partial charge in [0.15, 0.2) is 0 Å². The number of aromatic nitrogens is 2. The summed E-state index contributed by atoms with van der Waals surface area (Å²) >= 11 is 0. The van der Waals surface area contributed by atoms with Gasteiger partial charge in [0.2, 0.25) is 0 Å². The molecule has 0 saturated carbocycles. The molecule has 4 nitrogen and oxygen atoms in total. The first kappa shape index (κ1) is 14.8. The topological polar surface area (TPSA) is 33.1 Å². The van der Waals surface area contributed by atoms with Gasteiger partial charge in [-0.1, -0.05) is 31.2 Å². The van der Waals surface area contributed by atoms with E-state index < -0.39 is 0 Å². The van der Waals surface area contributed by atoms with Crippen LogP contribution in [0.2, 0.25) is 0 Å². The van der Waals surface area contributed by atoms with E-state index in [9.17, 15) is 0 Å². The first-order chi connectivity index (χ1) is 9.70. The lowest BCUT2D eigenvalue weighted by Crippen LogP contribution is -2.21. The Balaban J connectivity index is 2.00. The number of nitrogens with one attached hydrogen (secondary N) is 1. The summed E-state index contributed by atoms with van der Waals surface area (Å²) in [6.07, 6.45) is 3.84. The zero-order valence-corrected chi connectivity index (χ0v) is 12.6. The summed E-state index contributed by atoms with van der Waals surface area (Å²) in [5, 5.41) is 3.40. The van der Waals surface area contributed by atoms with Crippen molar-refractivity contribution in [2.75, 3.05) is 13.6 Å². The van der Waals surface area contributed by atoms with Crippen LogP contribution in [0.25, 0.3) is 0 Å². The third-order valence-electron chi connectivity index (χ3n) is 3.46. The SMILES string of the molecule is CCNCc1ccccc1CN(C)Cc1nccn1C. The molecule has 0 amide bonds. The van der Waals surface area contributed by atoms with Gasteiger partial charge in [-0.2, -0.15) is 0 Å². The molecule has 0 radical (unpaired) electrons. The second kappa shape index (κ2) is 7.22. The number of hydrogen-bond donors (Lipinski definition) is 1. The molecule has 2 rings (SSSR count). The lowest BCUT2D eigenvalue weighted by molar-refractivity contribution is 0.306. The largest absolute Gasteiger partial charge is 0.337 e. The van der Waals surface area contributed by atoms with Crippen molar-refractivity contribution in [3.63, 3.8) is 0 Å². The van der Waals surface area contributed by atoms with Gasteiger partial charge in [0.05, 0.1) is 6.54 Å². The predicted octanol–water partition coefficient (Wildman–Crippen LogP) is 2.16. The minimum absolute atomic E-state index is 0.860. The average molecular weight is 272 g/mol. The number of imidazole rings is 1. The van der Waals surface area contributed by atoms with Crippen LogP contribution in [-0.4, -0.2) is 28.0 Å². The smallest absolute Gasteiger partial charge is 0.122 e. The molecular formula is C16H24N4. The maximum atomic E-state index is 4.38. The molecule has 0 saturated heterocycles. The standard InChI is InChI=1S/C16H24N4/c1-4-17-11-14-7-5-6-8-15(14)12-19(2)13-16-18-9-10-20(16)3/h5-10,17H,4,11-13H2,1-3H3. The Kier molecular flexibility index (Phi) is 5.32. The highest BCUT2D eigenvalue weighted by Gasteiger charge is 2.08. The Morgan fingerprint density at radius 2 is 1.95 bits per heavy atom. The van der Waals surface area contributed by atoms with Crippen molar-refractivity contribution in [3.8, 4) is 0 Å². The van der Waals surface area contributed by atoms with E-state index in [1.165, 1.54) is 11.1 Å². The normalized spacial score (nSPS) is 11.2. The second-order valence-electron chi connectivity index (χ2n) is 5.18. The van der Waals surface area contributed by atoms with Crippen LogP contribution < -0.4 is 5.32 Å². The van der Waals surface area contributed by atoms with Gasteiger partial charge < -0.3 is 9.88 Å². The van der Waals surface area contributed by atoms with Crippen molar-refractivity contribution >= 4 is 0 Å². The number of hydrogen-bond acceptors (Lipinski definition) is 3. The van der Waals surface area contributed by atoms with Crippen LogP contribution in [0.1, 0.15) is 23.9 Å². The molecule has 1 N–H and O–H groups in total. The van der Waals surface area contributed by atoms with Crippen molar-refractivity contribution in [1.82, 2.24) is 19.8 Å². The van der Waals surface area contributed by atoms with Crippen LogP contribution >= 0.6 is 0 Å².